The number of aryl methyl sites for hydroxylation is 1. The van der Waals surface area contributed by atoms with Crippen molar-refractivity contribution in [1.82, 2.24) is 0 Å². The first-order valence-corrected chi connectivity index (χ1v) is 9.75. The molecule has 0 amide bonds. The highest BCUT2D eigenvalue weighted by atomic mass is 16.5. The molecule has 0 N–H and O–H groups in total. The monoisotopic (exact) mass is 412 g/mol. The van der Waals surface area contributed by atoms with E-state index in [4.69, 9.17) is 18.9 Å². The topological polar surface area (TPSA) is 71.1 Å². The summed E-state index contributed by atoms with van der Waals surface area (Å²) >= 11 is 0. The van der Waals surface area contributed by atoms with Crippen molar-refractivity contribution in [2.45, 2.75) is 27.7 Å². The lowest BCUT2D eigenvalue weighted by molar-refractivity contribution is -0.112. The van der Waals surface area contributed by atoms with Gasteiger partial charge >= 0.3 is 0 Å². The third-order valence-electron chi connectivity index (χ3n) is 4.33. The fourth-order valence-electron chi connectivity index (χ4n) is 3.08. The molecule has 0 spiro atoms. The van der Waals surface area contributed by atoms with E-state index in [0.717, 1.165) is 5.56 Å². The lowest BCUT2D eigenvalue weighted by Gasteiger charge is -2.17. The maximum absolute atomic E-state index is 13.7. The summed E-state index contributed by atoms with van der Waals surface area (Å²) in [6.07, 6.45) is 2.98. The third kappa shape index (κ3) is 5.20. The second-order valence-electron chi connectivity index (χ2n) is 6.57. The molecule has 0 aliphatic heterocycles. The van der Waals surface area contributed by atoms with Crippen LogP contribution in [0.2, 0.25) is 0 Å². The number of carbonyl (C=O) groups is 2. The second-order valence-corrected chi connectivity index (χ2v) is 6.57. The summed E-state index contributed by atoms with van der Waals surface area (Å²) in [5, 5.41) is 0. The Morgan fingerprint density at radius 2 is 1.57 bits per heavy atom. The van der Waals surface area contributed by atoms with Gasteiger partial charge in [-0.2, -0.15) is 0 Å². The first kappa shape index (κ1) is 23.0. The Labute approximate surface area is 177 Å². The molecule has 0 saturated carbocycles. The van der Waals surface area contributed by atoms with Crippen molar-refractivity contribution >= 4 is 17.6 Å². The van der Waals surface area contributed by atoms with Crippen molar-refractivity contribution in [3.05, 3.63) is 52.6 Å². The third-order valence-corrected chi connectivity index (χ3v) is 4.33. The maximum Gasteiger partial charge on any atom is 0.197 e. The Morgan fingerprint density at radius 1 is 0.900 bits per heavy atom. The van der Waals surface area contributed by atoms with Crippen LogP contribution in [0.4, 0.5) is 0 Å². The van der Waals surface area contributed by atoms with E-state index in [1.54, 1.807) is 24.3 Å². The van der Waals surface area contributed by atoms with Gasteiger partial charge < -0.3 is 18.9 Å². The first-order valence-electron chi connectivity index (χ1n) is 9.75. The number of ketones is 2. The van der Waals surface area contributed by atoms with Crippen molar-refractivity contribution in [2.24, 2.45) is 0 Å². The Morgan fingerprint density at radius 3 is 2.13 bits per heavy atom. The van der Waals surface area contributed by atoms with Crippen LogP contribution in [0.1, 0.15) is 47.8 Å². The molecule has 2 aromatic carbocycles. The minimum absolute atomic E-state index is 0.142. The second kappa shape index (κ2) is 10.5. The van der Waals surface area contributed by atoms with Gasteiger partial charge in [0.05, 0.1) is 33.0 Å². The van der Waals surface area contributed by atoms with Crippen LogP contribution < -0.4 is 18.9 Å². The van der Waals surface area contributed by atoms with Gasteiger partial charge in [0.2, 0.25) is 0 Å². The summed E-state index contributed by atoms with van der Waals surface area (Å²) in [5.74, 6) is 1.35. The zero-order valence-corrected chi connectivity index (χ0v) is 18.3. The molecule has 2 rings (SSSR count). The van der Waals surface area contributed by atoms with Crippen molar-refractivity contribution < 1.29 is 28.5 Å². The van der Waals surface area contributed by atoms with Crippen molar-refractivity contribution in [3.8, 4) is 23.0 Å². The molecule has 0 saturated heterocycles. The van der Waals surface area contributed by atoms with Crippen LogP contribution in [0.3, 0.4) is 0 Å². The average Bonchev–Trinajstić information content (AvgIpc) is 2.72. The van der Waals surface area contributed by atoms with Crippen LogP contribution in [0, 0.1) is 6.92 Å². The molecule has 2 aromatic rings. The summed E-state index contributed by atoms with van der Waals surface area (Å²) in [4.78, 5) is 25.2. The van der Waals surface area contributed by atoms with Crippen molar-refractivity contribution in [3.63, 3.8) is 0 Å². The minimum Gasteiger partial charge on any atom is -0.496 e. The number of methoxy groups -OCH3 is 2. The highest BCUT2D eigenvalue weighted by Crippen LogP contribution is 2.37. The number of ether oxygens (including phenoxy) is 4. The van der Waals surface area contributed by atoms with Crippen LogP contribution >= 0.6 is 0 Å². The Bertz CT molecular complexity index is 959. The van der Waals surface area contributed by atoms with Crippen LogP contribution in [-0.2, 0) is 4.79 Å². The standard InChI is InChI=1S/C24H28O6/c1-7-29-17-13-19(18(10-9-16(4)25)21(14-17)27-5)23(26)20-11-15(3)12-22(28-6)24(20)30-8-2/h9-14H,7-8H2,1-6H3/b10-9+. The summed E-state index contributed by atoms with van der Waals surface area (Å²) < 4.78 is 22.3. The predicted molar refractivity (Wildman–Crippen MR) is 116 cm³/mol. The van der Waals surface area contributed by atoms with Gasteiger partial charge in [-0.1, -0.05) is 0 Å². The van der Waals surface area contributed by atoms with Crippen LogP contribution in [0.25, 0.3) is 6.08 Å². The molecule has 0 heterocycles. The average molecular weight is 412 g/mol. The molecular weight excluding hydrogens is 384 g/mol. The van der Waals surface area contributed by atoms with Crippen LogP contribution in [0.5, 0.6) is 23.0 Å². The van der Waals surface area contributed by atoms with Crippen LogP contribution in [-0.4, -0.2) is 39.0 Å². The molecule has 6 heteroatoms. The predicted octanol–water partition coefficient (Wildman–Crippen LogP) is 4.64. The number of carbonyl (C=O) groups excluding carboxylic acids is 2. The number of allylic oxidation sites excluding steroid dienone is 1. The highest BCUT2D eigenvalue weighted by molar-refractivity contribution is 6.14. The van der Waals surface area contributed by atoms with E-state index in [1.165, 1.54) is 27.2 Å². The van der Waals surface area contributed by atoms with Gasteiger partial charge in [-0.05, 0) is 63.6 Å². The molecule has 0 atom stereocenters. The quantitative estimate of drug-likeness (QED) is 0.418. The minimum atomic E-state index is -0.288. The maximum atomic E-state index is 13.7. The summed E-state index contributed by atoms with van der Waals surface area (Å²) in [6, 6.07) is 6.92. The number of hydrogen-bond acceptors (Lipinski definition) is 6. The van der Waals surface area contributed by atoms with Gasteiger partial charge in [0, 0.05) is 17.2 Å². The van der Waals surface area contributed by atoms with Gasteiger partial charge in [-0.15, -0.1) is 0 Å². The summed E-state index contributed by atoms with van der Waals surface area (Å²) in [7, 11) is 3.04. The molecule has 0 aromatic heterocycles. The smallest absolute Gasteiger partial charge is 0.197 e. The number of hydrogen-bond donors (Lipinski definition) is 0. The molecule has 0 aliphatic rings. The fraction of sp³-hybridized carbons (Fsp3) is 0.333. The Kier molecular flexibility index (Phi) is 8.04. The normalized spacial score (nSPS) is 10.7. The van der Waals surface area contributed by atoms with Crippen molar-refractivity contribution in [2.75, 3.05) is 27.4 Å². The SMILES string of the molecule is CCOc1cc(OC)c(/C=C/C(C)=O)c(C(=O)c2cc(C)cc(OC)c2OCC)c1. The van der Waals surface area contributed by atoms with Crippen molar-refractivity contribution in [1.29, 1.82) is 0 Å². The highest BCUT2D eigenvalue weighted by Gasteiger charge is 2.24. The van der Waals surface area contributed by atoms with E-state index < -0.39 is 0 Å². The van der Waals surface area contributed by atoms with E-state index in [2.05, 4.69) is 0 Å². The zero-order chi connectivity index (χ0) is 22.3. The Hall–Kier alpha value is -3.28. The fourth-order valence-corrected chi connectivity index (χ4v) is 3.08. The molecule has 160 valence electrons. The molecule has 6 nitrogen and oxygen atoms in total. The number of benzene rings is 2. The van der Waals surface area contributed by atoms with E-state index in [9.17, 15) is 9.59 Å². The van der Waals surface area contributed by atoms with Gasteiger partial charge in [-0.3, -0.25) is 9.59 Å². The van der Waals surface area contributed by atoms with E-state index in [-0.39, 0.29) is 11.6 Å². The van der Waals surface area contributed by atoms with E-state index in [0.29, 0.717) is 52.9 Å². The molecule has 0 unspecified atom stereocenters. The van der Waals surface area contributed by atoms with Gasteiger partial charge in [0.25, 0.3) is 0 Å². The lowest BCUT2D eigenvalue weighted by atomic mass is 9.94. The largest absolute Gasteiger partial charge is 0.496 e. The molecule has 0 bridgehead atoms. The molecular formula is C24H28O6. The molecule has 0 aliphatic carbocycles. The van der Waals surface area contributed by atoms with Crippen LogP contribution in [0.15, 0.2) is 30.3 Å². The van der Waals surface area contributed by atoms with Gasteiger partial charge in [0.15, 0.2) is 23.1 Å². The Balaban J connectivity index is 2.78. The lowest BCUT2D eigenvalue weighted by Crippen LogP contribution is -2.10. The molecule has 0 radical (unpaired) electrons. The van der Waals surface area contributed by atoms with E-state index >= 15 is 0 Å². The van der Waals surface area contributed by atoms with E-state index in [1.807, 2.05) is 26.8 Å². The van der Waals surface area contributed by atoms with Gasteiger partial charge in [0.1, 0.15) is 11.5 Å². The van der Waals surface area contributed by atoms with Gasteiger partial charge in [-0.25, -0.2) is 0 Å². The summed E-state index contributed by atoms with van der Waals surface area (Å²) in [5.41, 5.74) is 2.04. The first-order chi connectivity index (χ1) is 14.4. The summed E-state index contributed by atoms with van der Waals surface area (Å²) in [6.45, 7) is 7.82. The zero-order valence-electron chi connectivity index (χ0n) is 18.3. The number of rotatable bonds is 10. The molecule has 30 heavy (non-hydrogen) atoms. The molecule has 0 fully saturated rings.